The summed E-state index contributed by atoms with van der Waals surface area (Å²) in [4.78, 5) is 21.9. The number of non-ortho nitro benzene ring substituents is 1. The molecule has 0 aliphatic heterocycles. The Morgan fingerprint density at radius 2 is 1.77 bits per heavy atom. The highest BCUT2D eigenvalue weighted by Crippen LogP contribution is 2.24. The molecule has 0 N–H and O–H groups in total. The van der Waals surface area contributed by atoms with Crippen LogP contribution in [0.25, 0.3) is 0 Å². The molecule has 138 valence electrons. The first-order valence-electron chi connectivity index (χ1n) is 7.22. The molecule has 0 saturated heterocycles. The number of sulfone groups is 1. The lowest BCUT2D eigenvalue weighted by molar-refractivity contribution is -0.384. The molecule has 0 unspecified atom stereocenters. The Hall–Kier alpha value is -2.16. The van der Waals surface area contributed by atoms with E-state index in [4.69, 9.17) is 27.9 Å². The van der Waals surface area contributed by atoms with Crippen LogP contribution in [-0.2, 0) is 26.0 Å². The van der Waals surface area contributed by atoms with Crippen LogP contribution in [0.1, 0.15) is 12.5 Å². The summed E-state index contributed by atoms with van der Waals surface area (Å²) in [6.07, 6.45) is 0. The van der Waals surface area contributed by atoms with Crippen molar-refractivity contribution in [3.63, 3.8) is 0 Å². The number of nitro benzene ring substituents is 1. The van der Waals surface area contributed by atoms with E-state index < -0.39 is 26.0 Å². The maximum Gasteiger partial charge on any atom is 0.324 e. The van der Waals surface area contributed by atoms with E-state index in [1.54, 1.807) is 6.07 Å². The zero-order valence-electron chi connectivity index (χ0n) is 13.4. The van der Waals surface area contributed by atoms with Gasteiger partial charge < -0.3 is 4.74 Å². The second-order valence-corrected chi connectivity index (χ2v) is 8.38. The molecule has 26 heavy (non-hydrogen) atoms. The maximum absolute atomic E-state index is 12.5. The Morgan fingerprint density at radius 1 is 1.15 bits per heavy atom. The number of hydrogen-bond acceptors (Lipinski definition) is 6. The van der Waals surface area contributed by atoms with Crippen molar-refractivity contribution in [2.24, 2.45) is 0 Å². The molecule has 2 aromatic carbocycles. The second kappa shape index (κ2) is 8.03. The van der Waals surface area contributed by atoms with Gasteiger partial charge in [0.1, 0.15) is 6.61 Å². The minimum absolute atomic E-state index is 0.171. The predicted octanol–water partition coefficient (Wildman–Crippen LogP) is 3.81. The minimum atomic E-state index is -4.04. The lowest BCUT2D eigenvalue weighted by Crippen LogP contribution is -2.29. The zero-order valence-corrected chi connectivity index (χ0v) is 15.7. The van der Waals surface area contributed by atoms with E-state index in [1.807, 2.05) is 0 Å². The number of rotatable bonds is 6. The molecule has 0 bridgehead atoms. The number of carbonyl (C=O) groups excluding carboxylic acids is 1. The largest absolute Gasteiger partial charge is 0.460 e. The average molecular weight is 418 g/mol. The number of carbonyl (C=O) groups is 1. The zero-order chi connectivity index (χ0) is 19.5. The van der Waals surface area contributed by atoms with Gasteiger partial charge in [0.25, 0.3) is 5.69 Å². The third-order valence-electron chi connectivity index (χ3n) is 3.54. The van der Waals surface area contributed by atoms with Gasteiger partial charge in [-0.2, -0.15) is 0 Å². The Labute approximate surface area is 159 Å². The van der Waals surface area contributed by atoms with Crippen LogP contribution in [0.15, 0.2) is 47.4 Å². The quantitative estimate of drug-likeness (QED) is 0.402. The smallest absolute Gasteiger partial charge is 0.324 e. The highest BCUT2D eigenvalue weighted by Gasteiger charge is 2.31. The summed E-state index contributed by atoms with van der Waals surface area (Å²) in [6, 6.07) is 8.90. The third-order valence-corrected chi connectivity index (χ3v) is 6.33. The van der Waals surface area contributed by atoms with Gasteiger partial charge in [0.2, 0.25) is 0 Å². The van der Waals surface area contributed by atoms with Crippen LogP contribution in [0.5, 0.6) is 0 Å². The fraction of sp³-hybridized carbons (Fsp3) is 0.188. The first kappa shape index (κ1) is 20.2. The van der Waals surface area contributed by atoms with Gasteiger partial charge in [-0.05, 0) is 36.8 Å². The van der Waals surface area contributed by atoms with E-state index in [9.17, 15) is 23.3 Å². The summed E-state index contributed by atoms with van der Waals surface area (Å²) in [7, 11) is -4.04. The lowest BCUT2D eigenvalue weighted by Gasteiger charge is -2.13. The molecule has 2 rings (SSSR count). The highest BCUT2D eigenvalue weighted by atomic mass is 35.5. The van der Waals surface area contributed by atoms with E-state index >= 15 is 0 Å². The average Bonchev–Trinajstić information content (AvgIpc) is 2.61. The molecule has 0 aromatic heterocycles. The lowest BCUT2D eigenvalue weighted by atomic mass is 10.2. The molecule has 2 aromatic rings. The highest BCUT2D eigenvalue weighted by molar-refractivity contribution is 7.92. The van der Waals surface area contributed by atoms with Crippen LogP contribution in [0, 0.1) is 10.1 Å². The van der Waals surface area contributed by atoms with Gasteiger partial charge >= 0.3 is 5.97 Å². The Balaban J connectivity index is 2.10. The van der Waals surface area contributed by atoms with E-state index in [0.29, 0.717) is 10.6 Å². The Kier molecular flexibility index (Phi) is 6.22. The number of nitrogens with zero attached hydrogens (tertiary/aromatic N) is 1. The number of benzene rings is 2. The predicted molar refractivity (Wildman–Crippen MR) is 96.0 cm³/mol. The number of nitro groups is 1. The number of ether oxygens (including phenoxy) is 1. The first-order valence-corrected chi connectivity index (χ1v) is 9.52. The molecule has 0 fully saturated rings. The molecule has 0 heterocycles. The van der Waals surface area contributed by atoms with Crippen LogP contribution in [0.3, 0.4) is 0 Å². The molecule has 0 aliphatic carbocycles. The van der Waals surface area contributed by atoms with Gasteiger partial charge in [-0.25, -0.2) is 8.42 Å². The van der Waals surface area contributed by atoms with Crippen molar-refractivity contribution in [1.29, 1.82) is 0 Å². The van der Waals surface area contributed by atoms with Gasteiger partial charge in [0, 0.05) is 12.1 Å². The fourth-order valence-electron chi connectivity index (χ4n) is 1.99. The summed E-state index contributed by atoms with van der Waals surface area (Å²) in [5.41, 5.74) is 0.298. The van der Waals surface area contributed by atoms with Gasteiger partial charge in [-0.3, -0.25) is 14.9 Å². The minimum Gasteiger partial charge on any atom is -0.460 e. The van der Waals surface area contributed by atoms with Crippen molar-refractivity contribution in [2.75, 3.05) is 0 Å². The van der Waals surface area contributed by atoms with E-state index in [1.165, 1.54) is 19.1 Å². The maximum atomic E-state index is 12.5. The molecular formula is C16H13Cl2NO6S. The van der Waals surface area contributed by atoms with Gasteiger partial charge in [-0.1, -0.05) is 29.3 Å². The van der Waals surface area contributed by atoms with E-state index in [-0.39, 0.29) is 22.2 Å². The van der Waals surface area contributed by atoms with Crippen molar-refractivity contribution in [3.8, 4) is 0 Å². The summed E-state index contributed by atoms with van der Waals surface area (Å²) in [5, 5.41) is 9.78. The SMILES string of the molecule is C[C@H](C(=O)OCc1ccc(Cl)c(Cl)c1)S(=O)(=O)c1ccc([N+](=O)[O-])cc1. The topological polar surface area (TPSA) is 104 Å². The molecule has 0 aliphatic rings. The fourth-order valence-corrected chi connectivity index (χ4v) is 3.56. The second-order valence-electron chi connectivity index (χ2n) is 5.29. The van der Waals surface area contributed by atoms with Crippen molar-refractivity contribution < 1.29 is 22.9 Å². The molecule has 0 spiro atoms. The van der Waals surface area contributed by atoms with Crippen LogP contribution in [-0.4, -0.2) is 24.6 Å². The van der Waals surface area contributed by atoms with E-state index in [2.05, 4.69) is 0 Å². The van der Waals surface area contributed by atoms with Gasteiger partial charge in [-0.15, -0.1) is 0 Å². The molecule has 0 radical (unpaired) electrons. The standard InChI is InChI=1S/C16H13Cl2NO6S/c1-10(16(20)25-9-11-2-7-14(17)15(18)8-11)26(23,24)13-5-3-12(4-6-13)19(21)22/h2-8,10H,9H2,1H3/t10-/m1/s1. The molecule has 7 nitrogen and oxygen atoms in total. The molecular weight excluding hydrogens is 405 g/mol. The molecule has 0 saturated carbocycles. The Morgan fingerprint density at radius 3 is 2.31 bits per heavy atom. The monoisotopic (exact) mass is 417 g/mol. The van der Waals surface area contributed by atoms with Crippen LogP contribution < -0.4 is 0 Å². The van der Waals surface area contributed by atoms with Crippen molar-refractivity contribution in [2.45, 2.75) is 23.7 Å². The number of esters is 1. The molecule has 1 atom stereocenters. The molecule has 0 amide bonds. The van der Waals surface area contributed by atoms with Crippen LogP contribution in [0.2, 0.25) is 10.0 Å². The summed E-state index contributed by atoms with van der Waals surface area (Å²) in [6.45, 7) is 1.02. The van der Waals surface area contributed by atoms with Gasteiger partial charge in [0.05, 0.1) is 19.9 Å². The third kappa shape index (κ3) is 4.51. The number of hydrogen-bond donors (Lipinski definition) is 0. The van der Waals surface area contributed by atoms with Crippen LogP contribution in [0.4, 0.5) is 5.69 Å². The van der Waals surface area contributed by atoms with E-state index in [0.717, 1.165) is 24.3 Å². The normalized spacial score (nSPS) is 12.4. The number of halogens is 2. The Bertz CT molecular complexity index is 944. The van der Waals surface area contributed by atoms with Crippen molar-refractivity contribution >= 4 is 44.7 Å². The van der Waals surface area contributed by atoms with Crippen LogP contribution >= 0.6 is 23.2 Å². The van der Waals surface area contributed by atoms with Crippen molar-refractivity contribution in [3.05, 3.63) is 68.2 Å². The summed E-state index contributed by atoms with van der Waals surface area (Å²) < 4.78 is 29.9. The van der Waals surface area contributed by atoms with Crippen molar-refractivity contribution in [1.82, 2.24) is 0 Å². The summed E-state index contributed by atoms with van der Waals surface area (Å²) in [5.74, 6) is -0.950. The summed E-state index contributed by atoms with van der Waals surface area (Å²) >= 11 is 11.7. The molecule has 10 heteroatoms. The van der Waals surface area contributed by atoms with Gasteiger partial charge in [0.15, 0.2) is 15.1 Å². The first-order chi connectivity index (χ1) is 12.1.